The van der Waals surface area contributed by atoms with E-state index in [1.165, 1.54) is 12.2 Å². The molecule has 0 aromatic heterocycles. The average molecular weight is 589 g/mol. The van der Waals surface area contributed by atoms with Crippen molar-refractivity contribution in [2.75, 3.05) is 44.8 Å². The van der Waals surface area contributed by atoms with Gasteiger partial charge in [0.05, 0.1) is 38.3 Å². The van der Waals surface area contributed by atoms with Crippen LogP contribution in [0.2, 0.25) is 0 Å². The smallest absolute Gasteiger partial charge is 0.311 e. The lowest BCUT2D eigenvalue weighted by atomic mass is 9.97. The standard InChI is InChI=1S/C29H40N4O9/c1-19(2)26(32-23(35)18-41-15-14-40-13-12-33-24(36)10-11-25(33)37)27(38)30-16-22(34)31-21-8-6-20(7-9-21)17-42-28(39)29(3,4)5/h6-11,19,26H,12-18H2,1-5H3,(H,30,38)(H,31,34)(H,32,35). The van der Waals surface area contributed by atoms with E-state index in [1.54, 1.807) is 58.9 Å². The van der Waals surface area contributed by atoms with Crippen LogP contribution in [0.3, 0.4) is 0 Å². The molecule has 0 saturated heterocycles. The maximum Gasteiger partial charge on any atom is 0.311 e. The fourth-order valence-corrected chi connectivity index (χ4v) is 3.47. The Morgan fingerprint density at radius 3 is 2.10 bits per heavy atom. The highest BCUT2D eigenvalue weighted by Crippen LogP contribution is 2.17. The van der Waals surface area contributed by atoms with Gasteiger partial charge in [-0.3, -0.25) is 33.7 Å². The van der Waals surface area contributed by atoms with Gasteiger partial charge in [-0.25, -0.2) is 0 Å². The number of hydrogen-bond donors (Lipinski definition) is 3. The molecule has 1 atom stereocenters. The molecule has 1 aromatic carbocycles. The molecule has 230 valence electrons. The molecule has 0 radical (unpaired) electrons. The largest absolute Gasteiger partial charge is 0.460 e. The average Bonchev–Trinajstić information content (AvgIpc) is 3.25. The van der Waals surface area contributed by atoms with Gasteiger partial charge in [0.2, 0.25) is 17.7 Å². The van der Waals surface area contributed by atoms with Crippen LogP contribution in [-0.2, 0) is 49.6 Å². The lowest BCUT2D eigenvalue weighted by Gasteiger charge is -2.21. The maximum atomic E-state index is 12.7. The van der Waals surface area contributed by atoms with E-state index in [1.807, 2.05) is 0 Å². The highest BCUT2D eigenvalue weighted by atomic mass is 16.5. The van der Waals surface area contributed by atoms with Gasteiger partial charge in [0.25, 0.3) is 11.8 Å². The molecule has 2 rings (SSSR count). The van der Waals surface area contributed by atoms with Crippen LogP contribution in [0, 0.1) is 11.3 Å². The SMILES string of the molecule is CC(C)C(NC(=O)COCCOCCN1C(=O)C=CC1=O)C(=O)NCC(=O)Nc1ccc(COC(=O)C(C)(C)C)cc1. The first-order valence-electron chi connectivity index (χ1n) is 13.6. The highest BCUT2D eigenvalue weighted by molar-refractivity contribution is 6.12. The van der Waals surface area contributed by atoms with Crippen molar-refractivity contribution >= 4 is 41.2 Å². The Labute approximate surface area is 245 Å². The number of imide groups is 1. The molecular weight excluding hydrogens is 548 g/mol. The van der Waals surface area contributed by atoms with Gasteiger partial charge in [0, 0.05) is 17.8 Å². The highest BCUT2D eigenvalue weighted by Gasteiger charge is 2.25. The minimum absolute atomic E-state index is 0.0926. The van der Waals surface area contributed by atoms with Gasteiger partial charge >= 0.3 is 5.97 Å². The Balaban J connectivity index is 1.65. The van der Waals surface area contributed by atoms with Gasteiger partial charge < -0.3 is 30.2 Å². The second-order valence-corrected chi connectivity index (χ2v) is 10.9. The summed E-state index contributed by atoms with van der Waals surface area (Å²) in [5, 5.41) is 7.80. The molecule has 13 heteroatoms. The zero-order chi connectivity index (χ0) is 31.3. The second-order valence-electron chi connectivity index (χ2n) is 10.9. The van der Waals surface area contributed by atoms with Crippen molar-refractivity contribution in [1.82, 2.24) is 15.5 Å². The van der Waals surface area contributed by atoms with E-state index in [-0.39, 0.29) is 69.8 Å². The van der Waals surface area contributed by atoms with Crippen LogP contribution in [-0.4, -0.2) is 86.0 Å². The van der Waals surface area contributed by atoms with Crippen LogP contribution in [0.5, 0.6) is 0 Å². The van der Waals surface area contributed by atoms with Crippen molar-refractivity contribution in [3.63, 3.8) is 0 Å². The number of carbonyl (C=O) groups excluding carboxylic acids is 6. The zero-order valence-electron chi connectivity index (χ0n) is 24.7. The fraction of sp³-hybridized carbons (Fsp3) is 0.517. The molecule has 1 aliphatic heterocycles. The van der Waals surface area contributed by atoms with Crippen molar-refractivity contribution in [1.29, 1.82) is 0 Å². The number of esters is 1. The van der Waals surface area contributed by atoms with Crippen LogP contribution in [0.1, 0.15) is 40.2 Å². The van der Waals surface area contributed by atoms with Gasteiger partial charge in [-0.2, -0.15) is 0 Å². The lowest BCUT2D eigenvalue weighted by molar-refractivity contribution is -0.154. The predicted molar refractivity (Wildman–Crippen MR) is 152 cm³/mol. The second kappa shape index (κ2) is 16.4. The van der Waals surface area contributed by atoms with Crippen molar-refractivity contribution < 1.29 is 43.0 Å². The van der Waals surface area contributed by atoms with Gasteiger partial charge in [-0.1, -0.05) is 26.0 Å². The molecule has 0 spiro atoms. The van der Waals surface area contributed by atoms with E-state index in [2.05, 4.69) is 16.0 Å². The molecule has 0 saturated carbocycles. The number of anilines is 1. The van der Waals surface area contributed by atoms with Crippen molar-refractivity contribution in [3.8, 4) is 0 Å². The molecule has 1 heterocycles. The minimum atomic E-state index is -0.885. The molecule has 5 amide bonds. The first-order valence-corrected chi connectivity index (χ1v) is 13.6. The fourth-order valence-electron chi connectivity index (χ4n) is 3.47. The summed E-state index contributed by atoms with van der Waals surface area (Å²) in [6.45, 7) is 8.82. The van der Waals surface area contributed by atoms with Crippen LogP contribution in [0.25, 0.3) is 0 Å². The normalized spacial score (nSPS) is 13.7. The van der Waals surface area contributed by atoms with E-state index < -0.39 is 29.2 Å². The first-order chi connectivity index (χ1) is 19.8. The number of amides is 5. The molecule has 1 aromatic rings. The number of nitrogens with one attached hydrogen (secondary N) is 3. The van der Waals surface area contributed by atoms with E-state index in [0.717, 1.165) is 10.5 Å². The minimum Gasteiger partial charge on any atom is -0.460 e. The van der Waals surface area contributed by atoms with Gasteiger partial charge in [0.1, 0.15) is 19.3 Å². The van der Waals surface area contributed by atoms with Gasteiger partial charge in [0.15, 0.2) is 0 Å². The van der Waals surface area contributed by atoms with E-state index in [0.29, 0.717) is 5.69 Å². The summed E-state index contributed by atoms with van der Waals surface area (Å²) in [6.07, 6.45) is 2.39. The summed E-state index contributed by atoms with van der Waals surface area (Å²) in [5.74, 6) is -2.83. The van der Waals surface area contributed by atoms with Crippen LogP contribution in [0.15, 0.2) is 36.4 Å². The van der Waals surface area contributed by atoms with Crippen molar-refractivity contribution in [2.24, 2.45) is 11.3 Å². The Morgan fingerprint density at radius 1 is 0.881 bits per heavy atom. The molecule has 0 fully saturated rings. The molecule has 0 aliphatic carbocycles. The quantitative estimate of drug-likeness (QED) is 0.144. The molecular formula is C29H40N4O9. The summed E-state index contributed by atoms with van der Waals surface area (Å²) in [4.78, 5) is 73.2. The monoisotopic (exact) mass is 588 g/mol. The van der Waals surface area contributed by atoms with E-state index >= 15 is 0 Å². The summed E-state index contributed by atoms with van der Waals surface area (Å²) in [6, 6.07) is 5.88. The number of hydrogen-bond acceptors (Lipinski definition) is 9. The van der Waals surface area contributed by atoms with Crippen LogP contribution >= 0.6 is 0 Å². The summed E-state index contributed by atoms with van der Waals surface area (Å²) in [7, 11) is 0. The molecule has 1 aliphatic rings. The third-order valence-electron chi connectivity index (χ3n) is 5.87. The first kappa shape index (κ1) is 34.1. The Hall–Kier alpha value is -4.10. The van der Waals surface area contributed by atoms with E-state index in [9.17, 15) is 28.8 Å². The molecule has 1 unspecified atom stereocenters. The molecule has 42 heavy (non-hydrogen) atoms. The molecule has 13 nitrogen and oxygen atoms in total. The Kier molecular flexibility index (Phi) is 13.3. The summed E-state index contributed by atoms with van der Waals surface area (Å²) >= 11 is 0. The molecule has 0 bridgehead atoms. The predicted octanol–water partition coefficient (Wildman–Crippen LogP) is 0.930. The number of benzene rings is 1. The number of carbonyl (C=O) groups is 6. The Bertz CT molecular complexity index is 1140. The topological polar surface area (TPSA) is 169 Å². The van der Waals surface area contributed by atoms with E-state index in [4.69, 9.17) is 14.2 Å². The number of nitrogens with zero attached hydrogens (tertiary/aromatic N) is 1. The third kappa shape index (κ3) is 11.8. The summed E-state index contributed by atoms with van der Waals surface area (Å²) in [5.41, 5.74) is 0.668. The maximum absolute atomic E-state index is 12.7. The molecule has 3 N–H and O–H groups in total. The third-order valence-corrected chi connectivity index (χ3v) is 5.87. The zero-order valence-corrected chi connectivity index (χ0v) is 24.7. The van der Waals surface area contributed by atoms with Crippen molar-refractivity contribution in [2.45, 2.75) is 47.3 Å². The number of ether oxygens (including phenoxy) is 3. The number of rotatable bonds is 16. The summed E-state index contributed by atoms with van der Waals surface area (Å²) < 4.78 is 15.9. The van der Waals surface area contributed by atoms with Crippen LogP contribution < -0.4 is 16.0 Å². The van der Waals surface area contributed by atoms with Gasteiger partial charge in [-0.05, 0) is 44.4 Å². The van der Waals surface area contributed by atoms with Gasteiger partial charge in [-0.15, -0.1) is 0 Å². The van der Waals surface area contributed by atoms with Crippen LogP contribution in [0.4, 0.5) is 5.69 Å². The Morgan fingerprint density at radius 2 is 1.50 bits per heavy atom. The van der Waals surface area contributed by atoms with Crippen molar-refractivity contribution in [3.05, 3.63) is 42.0 Å². The lowest BCUT2D eigenvalue weighted by Crippen LogP contribution is -2.51.